The lowest BCUT2D eigenvalue weighted by molar-refractivity contribution is 0.0746. The second kappa shape index (κ2) is 7.95. The standard InChI is InChI=1S/C25H22N6O3/c32-22-20-13-18-12-19(18)14-21(20)31(25(34)28-22)15-16-3-1-4-17(11-16)23(33)29-7-9-30(10-8-29)24-26-5-2-6-27-24/h1-6,11,13-14H,7-10,12,15H2,(H,28,32,34). The molecule has 0 saturated carbocycles. The number of H-pyrrole nitrogens is 1. The summed E-state index contributed by atoms with van der Waals surface area (Å²) in [6, 6.07) is 12.9. The number of hydrogen-bond acceptors (Lipinski definition) is 6. The largest absolute Gasteiger partial charge is 0.337 e. The highest BCUT2D eigenvalue weighted by molar-refractivity contribution is 5.94. The molecule has 4 aromatic rings. The molecule has 0 unspecified atom stereocenters. The van der Waals surface area contributed by atoms with Crippen molar-refractivity contribution < 1.29 is 4.79 Å². The van der Waals surface area contributed by atoms with Crippen molar-refractivity contribution in [3.05, 3.63) is 98.0 Å². The molecule has 0 bridgehead atoms. The Hall–Kier alpha value is -4.27. The van der Waals surface area contributed by atoms with Crippen LogP contribution in [-0.2, 0) is 13.0 Å². The number of anilines is 1. The fourth-order valence-corrected chi connectivity index (χ4v) is 4.57. The molecule has 1 aliphatic carbocycles. The van der Waals surface area contributed by atoms with E-state index in [0.717, 1.165) is 23.1 Å². The van der Waals surface area contributed by atoms with Crippen LogP contribution in [0.5, 0.6) is 0 Å². The van der Waals surface area contributed by atoms with Crippen LogP contribution in [0, 0.1) is 0 Å². The van der Waals surface area contributed by atoms with Gasteiger partial charge in [0.1, 0.15) is 0 Å². The topological polar surface area (TPSA) is 104 Å². The second-order valence-electron chi connectivity index (χ2n) is 8.69. The van der Waals surface area contributed by atoms with Crippen LogP contribution in [0.2, 0.25) is 0 Å². The number of carbonyl (C=O) groups excluding carboxylic acids is 1. The van der Waals surface area contributed by atoms with Crippen LogP contribution in [0.1, 0.15) is 27.0 Å². The minimum Gasteiger partial charge on any atom is -0.337 e. The average molecular weight is 454 g/mol. The molecule has 2 aliphatic rings. The molecule has 0 atom stereocenters. The maximum absolute atomic E-state index is 13.2. The van der Waals surface area contributed by atoms with E-state index in [1.165, 1.54) is 0 Å². The zero-order chi connectivity index (χ0) is 23.2. The summed E-state index contributed by atoms with van der Waals surface area (Å²) >= 11 is 0. The molecule has 170 valence electrons. The number of carbonyl (C=O) groups is 1. The molecule has 0 radical (unpaired) electrons. The zero-order valence-corrected chi connectivity index (χ0v) is 18.4. The van der Waals surface area contributed by atoms with Crippen LogP contribution in [0.15, 0.2) is 64.4 Å². The molecule has 0 spiro atoms. The van der Waals surface area contributed by atoms with E-state index in [1.807, 2.05) is 35.2 Å². The van der Waals surface area contributed by atoms with E-state index in [2.05, 4.69) is 19.9 Å². The van der Waals surface area contributed by atoms with E-state index in [4.69, 9.17) is 0 Å². The minimum absolute atomic E-state index is 0.0426. The van der Waals surface area contributed by atoms with E-state index in [9.17, 15) is 14.4 Å². The normalized spacial score (nSPS) is 14.8. The third-order valence-electron chi connectivity index (χ3n) is 6.49. The molecule has 34 heavy (non-hydrogen) atoms. The van der Waals surface area contributed by atoms with Gasteiger partial charge in [0.25, 0.3) is 11.5 Å². The van der Waals surface area contributed by atoms with Gasteiger partial charge in [0, 0.05) is 44.1 Å². The first-order valence-corrected chi connectivity index (χ1v) is 11.3. The van der Waals surface area contributed by atoms with Crippen molar-refractivity contribution in [2.24, 2.45) is 0 Å². The highest BCUT2D eigenvalue weighted by Gasteiger charge is 2.24. The Morgan fingerprint density at radius 3 is 2.50 bits per heavy atom. The van der Waals surface area contributed by atoms with E-state index in [0.29, 0.717) is 48.6 Å². The summed E-state index contributed by atoms with van der Waals surface area (Å²) < 4.78 is 1.57. The molecule has 2 aromatic heterocycles. The van der Waals surface area contributed by atoms with Gasteiger partial charge in [0.2, 0.25) is 5.95 Å². The molecule has 9 heteroatoms. The van der Waals surface area contributed by atoms with E-state index >= 15 is 0 Å². The third kappa shape index (κ3) is 3.64. The summed E-state index contributed by atoms with van der Waals surface area (Å²) in [6.07, 6.45) is 4.29. The number of amides is 1. The molecule has 2 aromatic carbocycles. The summed E-state index contributed by atoms with van der Waals surface area (Å²) in [7, 11) is 0. The van der Waals surface area contributed by atoms with Gasteiger partial charge in [-0.25, -0.2) is 14.8 Å². The lowest BCUT2D eigenvalue weighted by Gasteiger charge is -2.34. The van der Waals surface area contributed by atoms with Gasteiger partial charge in [0.05, 0.1) is 17.4 Å². The highest BCUT2D eigenvalue weighted by Crippen LogP contribution is 2.30. The van der Waals surface area contributed by atoms with Crippen molar-refractivity contribution in [3.63, 3.8) is 0 Å². The van der Waals surface area contributed by atoms with Crippen molar-refractivity contribution in [3.8, 4) is 0 Å². The molecule has 3 heterocycles. The summed E-state index contributed by atoms with van der Waals surface area (Å²) in [4.78, 5) is 53.0. The highest BCUT2D eigenvalue weighted by atomic mass is 16.2. The smallest absolute Gasteiger partial charge is 0.329 e. The van der Waals surface area contributed by atoms with E-state index in [-0.39, 0.29) is 18.0 Å². The minimum atomic E-state index is -0.450. The van der Waals surface area contributed by atoms with Gasteiger partial charge in [-0.15, -0.1) is 0 Å². The van der Waals surface area contributed by atoms with Gasteiger partial charge in [-0.1, -0.05) is 12.1 Å². The Morgan fingerprint density at radius 1 is 0.941 bits per heavy atom. The first-order chi connectivity index (χ1) is 16.6. The predicted molar refractivity (Wildman–Crippen MR) is 127 cm³/mol. The maximum atomic E-state index is 13.2. The lowest BCUT2D eigenvalue weighted by atomic mass is 10.1. The number of nitrogens with zero attached hydrogens (tertiary/aromatic N) is 5. The number of benzene rings is 2. The Balaban J connectivity index is 1.22. The van der Waals surface area contributed by atoms with Gasteiger partial charge in [-0.05, 0) is 53.4 Å². The average Bonchev–Trinajstić information content (AvgIpc) is 3.65. The van der Waals surface area contributed by atoms with Crippen molar-refractivity contribution in [2.75, 3.05) is 31.1 Å². The van der Waals surface area contributed by atoms with Crippen molar-refractivity contribution in [1.82, 2.24) is 24.4 Å². The zero-order valence-electron chi connectivity index (χ0n) is 18.4. The van der Waals surface area contributed by atoms with Crippen LogP contribution in [-0.4, -0.2) is 56.5 Å². The van der Waals surface area contributed by atoms with Gasteiger partial charge in [-0.2, -0.15) is 0 Å². The van der Waals surface area contributed by atoms with Crippen molar-refractivity contribution in [2.45, 2.75) is 13.0 Å². The molecule has 1 amide bonds. The van der Waals surface area contributed by atoms with Gasteiger partial charge < -0.3 is 9.80 Å². The summed E-state index contributed by atoms with van der Waals surface area (Å²) in [6.45, 7) is 2.76. The fourth-order valence-electron chi connectivity index (χ4n) is 4.57. The molecular formula is C25H22N6O3. The number of piperazine rings is 1. The first-order valence-electron chi connectivity index (χ1n) is 11.3. The van der Waals surface area contributed by atoms with Crippen LogP contribution in [0.25, 0.3) is 10.9 Å². The quantitative estimate of drug-likeness (QED) is 0.440. The van der Waals surface area contributed by atoms with Crippen molar-refractivity contribution in [1.29, 1.82) is 0 Å². The monoisotopic (exact) mass is 454 g/mol. The summed E-state index contributed by atoms with van der Waals surface area (Å²) in [5.41, 5.74) is 3.52. The number of nitrogens with one attached hydrogen (secondary N) is 1. The summed E-state index contributed by atoms with van der Waals surface area (Å²) in [5.74, 6) is 0.633. The predicted octanol–water partition coefficient (Wildman–Crippen LogP) is 1.39. The van der Waals surface area contributed by atoms with Crippen LogP contribution < -0.4 is 16.1 Å². The van der Waals surface area contributed by atoms with Gasteiger partial charge >= 0.3 is 5.69 Å². The van der Waals surface area contributed by atoms with Crippen LogP contribution in [0.3, 0.4) is 0 Å². The fraction of sp³-hybridized carbons (Fsp3) is 0.240. The SMILES string of the molecule is O=C(c1cccc(Cn2c(=O)[nH]c(=O)c3cc4c(cc32)C4)c1)N1CCN(c2ncccn2)CC1. The number of aromatic nitrogens is 4. The number of hydrogen-bond donors (Lipinski definition) is 1. The maximum Gasteiger partial charge on any atom is 0.329 e. The van der Waals surface area contributed by atoms with E-state index in [1.54, 1.807) is 29.1 Å². The molecule has 1 fully saturated rings. The Kier molecular flexibility index (Phi) is 4.75. The Labute approximate surface area is 194 Å². The van der Waals surface area contributed by atoms with E-state index < -0.39 is 5.69 Å². The lowest BCUT2D eigenvalue weighted by Crippen LogP contribution is -2.49. The molecule has 1 saturated heterocycles. The Bertz CT molecular complexity index is 1530. The van der Waals surface area contributed by atoms with Crippen LogP contribution in [0.4, 0.5) is 5.95 Å². The van der Waals surface area contributed by atoms with Gasteiger partial charge in [-0.3, -0.25) is 19.1 Å². The molecule has 9 nitrogen and oxygen atoms in total. The third-order valence-corrected chi connectivity index (χ3v) is 6.49. The molecule has 1 N–H and O–H groups in total. The number of fused-ring (bicyclic) bond motifs is 2. The molecule has 6 rings (SSSR count). The van der Waals surface area contributed by atoms with Crippen LogP contribution >= 0.6 is 0 Å². The second-order valence-corrected chi connectivity index (χ2v) is 8.69. The van der Waals surface area contributed by atoms with Gasteiger partial charge in [0.15, 0.2) is 0 Å². The number of aromatic amines is 1. The number of rotatable bonds is 4. The first kappa shape index (κ1) is 20.3. The summed E-state index contributed by atoms with van der Waals surface area (Å²) in [5, 5.41) is 0.517. The Morgan fingerprint density at radius 2 is 1.71 bits per heavy atom. The molecular weight excluding hydrogens is 432 g/mol. The van der Waals surface area contributed by atoms with Crippen molar-refractivity contribution >= 4 is 22.8 Å². The molecule has 1 aliphatic heterocycles.